The number of hydrogen-bond donors (Lipinski definition) is 0. The summed E-state index contributed by atoms with van der Waals surface area (Å²) in [5.74, 6) is 0. The summed E-state index contributed by atoms with van der Waals surface area (Å²) >= 11 is 0. The second kappa shape index (κ2) is 6.96. The molecule has 0 aliphatic heterocycles. The summed E-state index contributed by atoms with van der Waals surface area (Å²) in [7, 11) is 0. The van der Waals surface area contributed by atoms with Gasteiger partial charge in [-0.15, -0.1) is 0 Å². The number of benzene rings is 8. The van der Waals surface area contributed by atoms with Crippen LogP contribution in [0.4, 0.5) is 0 Å². The van der Waals surface area contributed by atoms with E-state index in [1.807, 2.05) is 0 Å². The third kappa shape index (κ3) is 2.43. The number of hydrogen-bond acceptors (Lipinski definition) is 0. The quantitative estimate of drug-likeness (QED) is 0.195. The zero-order chi connectivity index (χ0) is 24.1. The maximum Gasteiger partial charge on any atom is -0.000682 e. The van der Waals surface area contributed by atoms with E-state index >= 15 is 0 Å². The molecule has 37 heavy (non-hydrogen) atoms. The maximum absolute atomic E-state index is 2.39. The van der Waals surface area contributed by atoms with Crippen molar-refractivity contribution < 1.29 is 0 Å². The summed E-state index contributed by atoms with van der Waals surface area (Å²) < 4.78 is 0. The SMILES string of the molecule is c1ccc2c(c1)ccc1c3c(c4ccccc4c12)Cc1ccc2c4ccccc4c4ccccc4c2c1-3. The van der Waals surface area contributed by atoms with Crippen molar-refractivity contribution in [1.29, 1.82) is 0 Å². The van der Waals surface area contributed by atoms with Crippen molar-refractivity contribution in [3.05, 3.63) is 132 Å². The van der Waals surface area contributed by atoms with Gasteiger partial charge < -0.3 is 0 Å². The molecule has 0 amide bonds. The minimum atomic E-state index is 0.977. The van der Waals surface area contributed by atoms with Crippen LogP contribution in [0.15, 0.2) is 121 Å². The maximum atomic E-state index is 2.39. The minimum absolute atomic E-state index is 0.977. The highest BCUT2D eigenvalue weighted by molar-refractivity contribution is 6.33. The predicted octanol–water partition coefficient (Wildman–Crippen LogP) is 10.2. The smallest absolute Gasteiger partial charge is 0.000682 e. The lowest BCUT2D eigenvalue weighted by atomic mass is 9.86. The number of rotatable bonds is 0. The van der Waals surface area contributed by atoms with E-state index in [2.05, 4.69) is 121 Å². The first-order valence-corrected chi connectivity index (χ1v) is 13.1. The summed E-state index contributed by atoms with van der Waals surface area (Å²) in [6.45, 7) is 0. The monoisotopic (exact) mass is 466 g/mol. The molecule has 0 saturated heterocycles. The van der Waals surface area contributed by atoms with Gasteiger partial charge in [0.15, 0.2) is 0 Å². The molecule has 0 bridgehead atoms. The Bertz CT molecular complexity index is 2220. The Kier molecular flexibility index (Phi) is 3.67. The van der Waals surface area contributed by atoms with Crippen molar-refractivity contribution >= 4 is 64.6 Å². The second-order valence-corrected chi connectivity index (χ2v) is 10.4. The van der Waals surface area contributed by atoms with Crippen molar-refractivity contribution in [3.63, 3.8) is 0 Å². The van der Waals surface area contributed by atoms with Gasteiger partial charge in [0, 0.05) is 0 Å². The molecule has 170 valence electrons. The minimum Gasteiger partial charge on any atom is -0.0616 e. The standard InChI is InChI=1S/C37H22/c1-2-10-24-22(9-1)17-20-32-35(24)29-15-7-6-14-28(29)33-21-23-18-19-31-27-13-4-3-11-25(27)26-12-5-8-16-30(26)36(31)34(23)37(32)33/h1-20H,21H2. The highest BCUT2D eigenvalue weighted by Gasteiger charge is 2.27. The van der Waals surface area contributed by atoms with Crippen LogP contribution in [0.1, 0.15) is 11.1 Å². The van der Waals surface area contributed by atoms with Gasteiger partial charge in [-0.1, -0.05) is 121 Å². The van der Waals surface area contributed by atoms with E-state index in [9.17, 15) is 0 Å². The van der Waals surface area contributed by atoms with Crippen LogP contribution < -0.4 is 0 Å². The first-order chi connectivity index (χ1) is 18.4. The largest absolute Gasteiger partial charge is 0.0616 e. The van der Waals surface area contributed by atoms with Gasteiger partial charge >= 0.3 is 0 Å². The third-order valence-corrected chi connectivity index (χ3v) is 8.63. The van der Waals surface area contributed by atoms with Crippen LogP contribution in [0.2, 0.25) is 0 Å². The lowest BCUT2D eigenvalue weighted by Crippen LogP contribution is -1.90. The van der Waals surface area contributed by atoms with Crippen molar-refractivity contribution in [2.45, 2.75) is 6.42 Å². The van der Waals surface area contributed by atoms with Crippen molar-refractivity contribution in [3.8, 4) is 11.1 Å². The molecule has 8 aromatic carbocycles. The van der Waals surface area contributed by atoms with Crippen LogP contribution in [0, 0.1) is 0 Å². The first-order valence-electron chi connectivity index (χ1n) is 13.1. The van der Waals surface area contributed by atoms with Crippen LogP contribution in [-0.2, 0) is 6.42 Å². The molecule has 0 nitrogen and oxygen atoms in total. The fourth-order valence-corrected chi connectivity index (χ4v) is 7.16. The van der Waals surface area contributed by atoms with Gasteiger partial charge in [-0.05, 0) is 93.3 Å². The molecule has 0 N–H and O–H groups in total. The van der Waals surface area contributed by atoms with E-state index in [0.29, 0.717) is 0 Å². The third-order valence-electron chi connectivity index (χ3n) is 8.63. The fraction of sp³-hybridized carbons (Fsp3) is 0.0270. The van der Waals surface area contributed by atoms with Crippen molar-refractivity contribution in [2.75, 3.05) is 0 Å². The van der Waals surface area contributed by atoms with E-state index in [1.165, 1.54) is 86.9 Å². The van der Waals surface area contributed by atoms with E-state index < -0.39 is 0 Å². The molecule has 0 radical (unpaired) electrons. The van der Waals surface area contributed by atoms with E-state index in [-0.39, 0.29) is 0 Å². The predicted molar refractivity (Wildman–Crippen MR) is 160 cm³/mol. The molecule has 0 atom stereocenters. The van der Waals surface area contributed by atoms with Crippen LogP contribution >= 0.6 is 0 Å². The van der Waals surface area contributed by atoms with Crippen molar-refractivity contribution in [1.82, 2.24) is 0 Å². The van der Waals surface area contributed by atoms with Crippen LogP contribution in [0.25, 0.3) is 75.8 Å². The van der Waals surface area contributed by atoms with Gasteiger partial charge in [0.2, 0.25) is 0 Å². The second-order valence-electron chi connectivity index (χ2n) is 10.4. The number of fused-ring (bicyclic) bond motifs is 17. The van der Waals surface area contributed by atoms with Gasteiger partial charge in [0.25, 0.3) is 0 Å². The lowest BCUT2D eigenvalue weighted by Gasteiger charge is -2.17. The zero-order valence-corrected chi connectivity index (χ0v) is 20.3. The van der Waals surface area contributed by atoms with Gasteiger partial charge in [-0.2, -0.15) is 0 Å². The molecule has 0 unspecified atom stereocenters. The average Bonchev–Trinajstić information content (AvgIpc) is 3.37. The highest BCUT2D eigenvalue weighted by Crippen LogP contribution is 2.52. The molecular weight excluding hydrogens is 444 g/mol. The van der Waals surface area contributed by atoms with E-state index in [1.54, 1.807) is 0 Å². The molecule has 0 heteroatoms. The highest BCUT2D eigenvalue weighted by atomic mass is 14.3. The van der Waals surface area contributed by atoms with Crippen LogP contribution in [0.5, 0.6) is 0 Å². The Morgan fingerprint density at radius 1 is 0.324 bits per heavy atom. The molecular formula is C37H22. The van der Waals surface area contributed by atoms with Gasteiger partial charge in [0.1, 0.15) is 0 Å². The topological polar surface area (TPSA) is 0 Å². The Labute approximate surface area is 214 Å². The Balaban J connectivity index is 1.58. The molecule has 1 aliphatic rings. The Morgan fingerprint density at radius 3 is 1.57 bits per heavy atom. The normalized spacial score (nSPS) is 12.8. The average molecular weight is 467 g/mol. The summed E-state index contributed by atoms with van der Waals surface area (Å²) in [6, 6.07) is 45.2. The molecule has 1 aliphatic carbocycles. The Morgan fingerprint density at radius 2 is 0.838 bits per heavy atom. The lowest BCUT2D eigenvalue weighted by molar-refractivity contribution is 1.29. The molecule has 0 spiro atoms. The summed E-state index contributed by atoms with van der Waals surface area (Å²) in [5.41, 5.74) is 5.77. The molecule has 0 heterocycles. The van der Waals surface area contributed by atoms with E-state index in [0.717, 1.165) is 6.42 Å². The van der Waals surface area contributed by atoms with E-state index in [4.69, 9.17) is 0 Å². The molecule has 0 aromatic heterocycles. The summed E-state index contributed by atoms with van der Waals surface area (Å²) in [4.78, 5) is 0. The van der Waals surface area contributed by atoms with Gasteiger partial charge in [-0.25, -0.2) is 0 Å². The van der Waals surface area contributed by atoms with Gasteiger partial charge in [0.05, 0.1) is 0 Å². The molecule has 0 saturated carbocycles. The zero-order valence-electron chi connectivity index (χ0n) is 20.3. The Hall–Kier alpha value is -4.68. The van der Waals surface area contributed by atoms with Crippen LogP contribution in [0.3, 0.4) is 0 Å². The van der Waals surface area contributed by atoms with Gasteiger partial charge in [-0.3, -0.25) is 0 Å². The first kappa shape index (κ1) is 19.5. The van der Waals surface area contributed by atoms with Crippen molar-refractivity contribution in [2.24, 2.45) is 0 Å². The summed E-state index contributed by atoms with van der Waals surface area (Å²) in [5, 5.41) is 16.2. The molecule has 8 aromatic rings. The summed E-state index contributed by atoms with van der Waals surface area (Å²) in [6.07, 6.45) is 0.977. The molecule has 9 rings (SSSR count). The van der Waals surface area contributed by atoms with Crippen LogP contribution in [-0.4, -0.2) is 0 Å². The molecule has 0 fully saturated rings. The fourth-order valence-electron chi connectivity index (χ4n) is 7.16.